The van der Waals surface area contributed by atoms with Crippen molar-refractivity contribution in [3.8, 4) is 5.69 Å². The first kappa shape index (κ1) is 16.7. The molecule has 0 radical (unpaired) electrons. The molecule has 0 saturated heterocycles. The minimum absolute atomic E-state index is 0.124. The summed E-state index contributed by atoms with van der Waals surface area (Å²) in [5, 5.41) is 12.1. The van der Waals surface area contributed by atoms with Crippen LogP contribution in [0.25, 0.3) is 5.69 Å². The predicted molar refractivity (Wildman–Crippen MR) is 95.2 cm³/mol. The summed E-state index contributed by atoms with van der Waals surface area (Å²) in [6.07, 6.45) is 3.89. The molecule has 1 atom stereocenters. The topological polar surface area (TPSA) is 90.5 Å². The third kappa shape index (κ3) is 2.96. The van der Waals surface area contributed by atoms with Crippen molar-refractivity contribution in [1.29, 1.82) is 0 Å². The van der Waals surface area contributed by atoms with E-state index in [1.165, 1.54) is 6.33 Å². The number of hydrogen-bond acceptors (Lipinski definition) is 5. The van der Waals surface area contributed by atoms with Gasteiger partial charge >= 0.3 is 0 Å². The maximum absolute atomic E-state index is 12.7. The molecule has 0 unspecified atom stereocenters. The van der Waals surface area contributed by atoms with E-state index in [1.807, 2.05) is 29.8 Å². The number of nitrogens with zero attached hydrogens (tertiary/aromatic N) is 6. The van der Waals surface area contributed by atoms with E-state index in [9.17, 15) is 4.79 Å². The Bertz CT molecular complexity index is 948. The minimum atomic E-state index is -0.327. The summed E-state index contributed by atoms with van der Waals surface area (Å²) in [5.41, 5.74) is 0.704. The molecule has 1 aliphatic heterocycles. The molecule has 0 bridgehead atoms. The maximum atomic E-state index is 12.7. The highest BCUT2D eigenvalue weighted by Gasteiger charge is 2.26. The Balaban J connectivity index is 1.61. The zero-order valence-electron chi connectivity index (χ0n) is 14.3. The molecule has 0 spiro atoms. The monoisotopic (exact) mass is 371 g/mol. The van der Waals surface area contributed by atoms with Gasteiger partial charge in [0, 0.05) is 13.0 Å². The van der Waals surface area contributed by atoms with Crippen molar-refractivity contribution in [1.82, 2.24) is 34.8 Å². The summed E-state index contributed by atoms with van der Waals surface area (Å²) in [4.78, 5) is 21.4. The number of carbonyl (C=O) groups is 1. The molecule has 0 saturated carbocycles. The first-order valence-electron chi connectivity index (χ1n) is 8.56. The fourth-order valence-corrected chi connectivity index (χ4v) is 3.35. The number of rotatable bonds is 4. The fourth-order valence-electron chi connectivity index (χ4n) is 3.13. The number of aryl methyl sites for hydroxylation is 2. The van der Waals surface area contributed by atoms with Crippen molar-refractivity contribution < 1.29 is 4.79 Å². The van der Waals surface area contributed by atoms with Crippen LogP contribution in [0.3, 0.4) is 0 Å². The minimum Gasteiger partial charge on any atom is -0.339 e. The number of amides is 1. The van der Waals surface area contributed by atoms with Gasteiger partial charge in [0.15, 0.2) is 0 Å². The summed E-state index contributed by atoms with van der Waals surface area (Å²) in [7, 11) is 0. The zero-order valence-corrected chi connectivity index (χ0v) is 15.0. The van der Waals surface area contributed by atoms with Gasteiger partial charge in [0.05, 0.1) is 16.8 Å². The van der Waals surface area contributed by atoms with Crippen LogP contribution in [0.5, 0.6) is 0 Å². The van der Waals surface area contributed by atoms with Crippen LogP contribution in [0, 0.1) is 0 Å². The van der Waals surface area contributed by atoms with Gasteiger partial charge in [0.2, 0.25) is 5.82 Å². The van der Waals surface area contributed by atoms with Crippen LogP contribution in [0.2, 0.25) is 5.02 Å². The largest absolute Gasteiger partial charge is 0.339 e. The van der Waals surface area contributed by atoms with Gasteiger partial charge < -0.3 is 5.32 Å². The number of nitrogens with one attached hydrogen (secondary N) is 1. The second kappa shape index (κ2) is 6.87. The summed E-state index contributed by atoms with van der Waals surface area (Å²) >= 11 is 6.27. The van der Waals surface area contributed by atoms with Crippen molar-refractivity contribution >= 4 is 17.5 Å². The van der Waals surface area contributed by atoms with Crippen LogP contribution in [-0.4, -0.2) is 35.4 Å². The average Bonchev–Trinajstić information content (AvgIpc) is 3.29. The van der Waals surface area contributed by atoms with Crippen LogP contribution in [0.1, 0.15) is 48.1 Å². The molecule has 8 nitrogen and oxygen atoms in total. The quantitative estimate of drug-likeness (QED) is 0.760. The Kier molecular flexibility index (Phi) is 4.42. The summed E-state index contributed by atoms with van der Waals surface area (Å²) in [6.45, 7) is 2.78. The lowest BCUT2D eigenvalue weighted by Crippen LogP contribution is -2.34. The SMILES string of the molecule is CCc1nc(C(=O)N[C@H]2CCCn3ncnc32)nn1-c1ccccc1Cl. The predicted octanol–water partition coefficient (Wildman–Crippen LogP) is 2.34. The van der Waals surface area contributed by atoms with Crippen LogP contribution in [0.15, 0.2) is 30.6 Å². The lowest BCUT2D eigenvalue weighted by molar-refractivity contribution is 0.0916. The van der Waals surface area contributed by atoms with Crippen molar-refractivity contribution in [3.05, 3.63) is 53.1 Å². The highest BCUT2D eigenvalue weighted by molar-refractivity contribution is 6.32. The average molecular weight is 372 g/mol. The lowest BCUT2D eigenvalue weighted by Gasteiger charge is -2.22. The third-order valence-electron chi connectivity index (χ3n) is 4.40. The molecule has 1 N–H and O–H groups in total. The standard InChI is InChI=1S/C17H18ClN7O/c1-2-14-22-15(23-25(14)13-8-4-3-6-11(13)18)17(26)21-12-7-5-9-24-16(12)19-10-20-24/h3-4,6,8,10,12H,2,5,7,9H2,1H3,(H,21,26)/t12-/m0/s1. The number of benzene rings is 1. The smallest absolute Gasteiger partial charge is 0.291 e. The molecule has 1 amide bonds. The summed E-state index contributed by atoms with van der Waals surface area (Å²) in [6, 6.07) is 7.17. The molecule has 1 aromatic carbocycles. The van der Waals surface area contributed by atoms with Crippen molar-refractivity contribution in [2.24, 2.45) is 0 Å². The number of halogens is 1. The van der Waals surface area contributed by atoms with E-state index < -0.39 is 0 Å². The molecule has 4 rings (SSSR count). The molecular weight excluding hydrogens is 354 g/mol. The first-order valence-corrected chi connectivity index (χ1v) is 8.94. The molecule has 9 heteroatoms. The molecule has 26 heavy (non-hydrogen) atoms. The Morgan fingerprint density at radius 1 is 1.38 bits per heavy atom. The second-order valence-electron chi connectivity index (χ2n) is 6.08. The van der Waals surface area contributed by atoms with Crippen LogP contribution in [0.4, 0.5) is 0 Å². The molecule has 134 valence electrons. The molecule has 3 aromatic rings. The van der Waals surface area contributed by atoms with Crippen molar-refractivity contribution in [2.75, 3.05) is 0 Å². The number of hydrogen-bond donors (Lipinski definition) is 1. The highest BCUT2D eigenvalue weighted by atomic mass is 35.5. The van der Waals surface area contributed by atoms with Crippen LogP contribution < -0.4 is 5.32 Å². The van der Waals surface area contributed by atoms with E-state index in [4.69, 9.17) is 11.6 Å². The Labute approximate surface area is 155 Å². The number of aromatic nitrogens is 6. The Morgan fingerprint density at radius 3 is 3.04 bits per heavy atom. The second-order valence-corrected chi connectivity index (χ2v) is 6.49. The van der Waals surface area contributed by atoms with Gasteiger partial charge in [-0.15, -0.1) is 5.10 Å². The van der Waals surface area contributed by atoms with E-state index in [-0.39, 0.29) is 17.8 Å². The van der Waals surface area contributed by atoms with Gasteiger partial charge in [-0.1, -0.05) is 30.7 Å². The van der Waals surface area contributed by atoms with E-state index in [2.05, 4.69) is 25.5 Å². The maximum Gasteiger partial charge on any atom is 0.291 e. The van der Waals surface area contributed by atoms with E-state index in [0.29, 0.717) is 23.0 Å². The van der Waals surface area contributed by atoms with Gasteiger partial charge in [-0.25, -0.2) is 19.3 Å². The zero-order chi connectivity index (χ0) is 18.1. The molecule has 3 heterocycles. The number of fused-ring (bicyclic) bond motifs is 1. The third-order valence-corrected chi connectivity index (χ3v) is 4.72. The molecule has 0 aliphatic carbocycles. The normalized spacial score (nSPS) is 16.3. The van der Waals surface area contributed by atoms with E-state index in [1.54, 1.807) is 10.7 Å². The molecule has 0 fully saturated rings. The molecule has 1 aliphatic rings. The van der Waals surface area contributed by atoms with Gasteiger partial charge in [-0.3, -0.25) is 4.79 Å². The van der Waals surface area contributed by atoms with Crippen LogP contribution in [-0.2, 0) is 13.0 Å². The molecule has 2 aromatic heterocycles. The summed E-state index contributed by atoms with van der Waals surface area (Å²) in [5.74, 6) is 1.24. The number of carbonyl (C=O) groups excluding carboxylic acids is 1. The fraction of sp³-hybridized carbons (Fsp3) is 0.353. The van der Waals surface area contributed by atoms with Gasteiger partial charge in [0.1, 0.15) is 18.0 Å². The highest BCUT2D eigenvalue weighted by Crippen LogP contribution is 2.23. The van der Waals surface area contributed by atoms with E-state index in [0.717, 1.165) is 25.2 Å². The van der Waals surface area contributed by atoms with Crippen molar-refractivity contribution in [3.63, 3.8) is 0 Å². The number of para-hydroxylation sites is 1. The van der Waals surface area contributed by atoms with Gasteiger partial charge in [0.25, 0.3) is 5.91 Å². The van der Waals surface area contributed by atoms with Gasteiger partial charge in [-0.05, 0) is 25.0 Å². The first-order chi connectivity index (χ1) is 12.7. The van der Waals surface area contributed by atoms with Gasteiger partial charge in [-0.2, -0.15) is 5.10 Å². The van der Waals surface area contributed by atoms with E-state index >= 15 is 0 Å². The van der Waals surface area contributed by atoms with Crippen LogP contribution >= 0.6 is 11.6 Å². The Hall–Kier alpha value is -2.74. The summed E-state index contributed by atoms with van der Waals surface area (Å²) < 4.78 is 3.45. The molecular formula is C17H18ClN7O. The lowest BCUT2D eigenvalue weighted by atomic mass is 10.1. The van der Waals surface area contributed by atoms with Crippen molar-refractivity contribution in [2.45, 2.75) is 38.8 Å². The Morgan fingerprint density at radius 2 is 2.23 bits per heavy atom.